The van der Waals surface area contributed by atoms with Crippen LogP contribution in [0.3, 0.4) is 0 Å². The Labute approximate surface area is 123 Å². The smallest absolute Gasteiger partial charge is 0.159 e. The summed E-state index contributed by atoms with van der Waals surface area (Å²) in [6.07, 6.45) is 1.67. The Morgan fingerprint density at radius 2 is 1.95 bits per heavy atom. The fraction of sp³-hybridized carbons (Fsp3) is 0.118. The SMILES string of the molecule is C=CC(=O)Cc1ccc(C)c(Oc2ccc(Cl)cc2)c1. The van der Waals surface area contributed by atoms with Crippen LogP contribution in [-0.4, -0.2) is 5.78 Å². The van der Waals surface area contributed by atoms with Gasteiger partial charge in [0.15, 0.2) is 5.78 Å². The van der Waals surface area contributed by atoms with Crippen LogP contribution < -0.4 is 4.74 Å². The Kier molecular flexibility index (Phi) is 4.59. The van der Waals surface area contributed by atoms with Crippen molar-refractivity contribution in [3.05, 3.63) is 71.3 Å². The lowest BCUT2D eigenvalue weighted by Crippen LogP contribution is -1.98. The molecule has 0 heterocycles. The molecule has 0 atom stereocenters. The van der Waals surface area contributed by atoms with Crippen molar-refractivity contribution in [1.82, 2.24) is 0 Å². The van der Waals surface area contributed by atoms with Crippen molar-refractivity contribution in [3.63, 3.8) is 0 Å². The molecule has 0 unspecified atom stereocenters. The number of rotatable bonds is 5. The minimum atomic E-state index is -0.00806. The van der Waals surface area contributed by atoms with E-state index in [2.05, 4.69) is 6.58 Å². The number of allylic oxidation sites excluding steroid dienone is 1. The Morgan fingerprint density at radius 1 is 1.25 bits per heavy atom. The Bertz CT molecular complexity index is 630. The standard InChI is InChI=1S/C17H15ClO2/c1-3-15(19)10-13-5-4-12(2)17(11-13)20-16-8-6-14(18)7-9-16/h3-9,11H,1,10H2,2H3. The molecule has 0 saturated carbocycles. The minimum Gasteiger partial charge on any atom is -0.457 e. The van der Waals surface area contributed by atoms with Crippen LogP contribution in [0.5, 0.6) is 11.5 Å². The molecule has 0 fully saturated rings. The molecule has 3 heteroatoms. The Morgan fingerprint density at radius 3 is 2.60 bits per heavy atom. The van der Waals surface area contributed by atoms with Gasteiger partial charge in [0.25, 0.3) is 0 Å². The summed E-state index contributed by atoms with van der Waals surface area (Å²) in [4.78, 5) is 11.4. The molecular weight excluding hydrogens is 272 g/mol. The summed E-state index contributed by atoms with van der Waals surface area (Å²) in [6, 6.07) is 12.9. The van der Waals surface area contributed by atoms with Crippen molar-refractivity contribution in [2.45, 2.75) is 13.3 Å². The van der Waals surface area contributed by atoms with Gasteiger partial charge in [-0.3, -0.25) is 4.79 Å². The average Bonchev–Trinajstić information content (AvgIpc) is 2.45. The summed E-state index contributed by atoms with van der Waals surface area (Å²) in [6.45, 7) is 5.44. The molecule has 0 aliphatic carbocycles. The number of halogens is 1. The van der Waals surface area contributed by atoms with E-state index >= 15 is 0 Å². The largest absolute Gasteiger partial charge is 0.457 e. The molecule has 0 bridgehead atoms. The molecular formula is C17H15ClO2. The van der Waals surface area contributed by atoms with Gasteiger partial charge in [-0.1, -0.05) is 30.3 Å². The fourth-order valence-electron chi connectivity index (χ4n) is 1.77. The molecule has 0 aliphatic heterocycles. The summed E-state index contributed by atoms with van der Waals surface area (Å²) in [5.74, 6) is 1.44. The van der Waals surface area contributed by atoms with Crippen LogP contribution in [0.4, 0.5) is 0 Å². The van der Waals surface area contributed by atoms with Crippen LogP contribution in [0.2, 0.25) is 5.02 Å². The zero-order valence-corrected chi connectivity index (χ0v) is 12.0. The molecule has 2 rings (SSSR count). The number of ether oxygens (including phenoxy) is 1. The predicted octanol–water partition coefficient (Wildman–Crippen LogP) is 4.74. The number of hydrogen-bond acceptors (Lipinski definition) is 2. The molecule has 20 heavy (non-hydrogen) atoms. The first-order chi connectivity index (χ1) is 9.58. The van der Waals surface area contributed by atoms with Crippen LogP contribution in [0, 0.1) is 6.92 Å². The van der Waals surface area contributed by atoms with Gasteiger partial charge in [-0.25, -0.2) is 0 Å². The number of benzene rings is 2. The second kappa shape index (κ2) is 6.40. The first kappa shape index (κ1) is 14.4. The van der Waals surface area contributed by atoms with Crippen LogP contribution in [0.25, 0.3) is 0 Å². The molecule has 0 saturated heterocycles. The molecule has 2 nitrogen and oxygen atoms in total. The molecule has 0 aromatic heterocycles. The molecule has 2 aromatic rings. The quantitative estimate of drug-likeness (QED) is 0.742. The van der Waals surface area contributed by atoms with Crippen molar-refractivity contribution in [3.8, 4) is 11.5 Å². The Balaban J connectivity index is 2.22. The van der Waals surface area contributed by atoms with E-state index in [4.69, 9.17) is 16.3 Å². The van der Waals surface area contributed by atoms with E-state index in [9.17, 15) is 4.79 Å². The summed E-state index contributed by atoms with van der Waals surface area (Å²) in [5, 5.41) is 0.666. The van der Waals surface area contributed by atoms with Gasteiger partial charge in [-0.2, -0.15) is 0 Å². The van der Waals surface area contributed by atoms with E-state index in [0.717, 1.165) is 16.9 Å². The van der Waals surface area contributed by atoms with Crippen molar-refractivity contribution in [1.29, 1.82) is 0 Å². The van der Waals surface area contributed by atoms with Crippen LogP contribution >= 0.6 is 11.6 Å². The molecule has 0 N–H and O–H groups in total. The molecule has 2 aromatic carbocycles. The zero-order valence-electron chi connectivity index (χ0n) is 11.2. The Hall–Kier alpha value is -2.06. The van der Waals surface area contributed by atoms with E-state index in [1.54, 1.807) is 12.1 Å². The van der Waals surface area contributed by atoms with Gasteiger partial charge in [0.1, 0.15) is 11.5 Å². The van der Waals surface area contributed by atoms with Crippen LogP contribution in [0.1, 0.15) is 11.1 Å². The van der Waals surface area contributed by atoms with Gasteiger partial charge < -0.3 is 4.74 Å². The van der Waals surface area contributed by atoms with Gasteiger partial charge in [-0.15, -0.1) is 0 Å². The number of aryl methyl sites for hydroxylation is 1. The van der Waals surface area contributed by atoms with Gasteiger partial charge >= 0.3 is 0 Å². The molecule has 0 amide bonds. The third kappa shape index (κ3) is 3.72. The highest BCUT2D eigenvalue weighted by atomic mass is 35.5. The number of hydrogen-bond donors (Lipinski definition) is 0. The first-order valence-corrected chi connectivity index (χ1v) is 6.64. The second-order valence-electron chi connectivity index (χ2n) is 4.50. The third-order valence-electron chi connectivity index (χ3n) is 2.90. The molecule has 0 radical (unpaired) electrons. The fourth-order valence-corrected chi connectivity index (χ4v) is 1.89. The van der Waals surface area contributed by atoms with E-state index in [1.165, 1.54) is 6.08 Å². The van der Waals surface area contributed by atoms with E-state index in [1.807, 2.05) is 37.3 Å². The van der Waals surface area contributed by atoms with Gasteiger partial charge in [0, 0.05) is 11.4 Å². The average molecular weight is 287 g/mol. The first-order valence-electron chi connectivity index (χ1n) is 6.26. The predicted molar refractivity (Wildman–Crippen MR) is 81.6 cm³/mol. The third-order valence-corrected chi connectivity index (χ3v) is 3.15. The lowest BCUT2D eigenvalue weighted by Gasteiger charge is -2.10. The van der Waals surface area contributed by atoms with E-state index in [0.29, 0.717) is 17.2 Å². The normalized spacial score (nSPS) is 10.1. The number of carbonyl (C=O) groups excluding carboxylic acids is 1. The van der Waals surface area contributed by atoms with Crippen LogP contribution in [0.15, 0.2) is 55.1 Å². The maximum atomic E-state index is 11.4. The summed E-state index contributed by atoms with van der Waals surface area (Å²) in [7, 11) is 0. The van der Waals surface area contributed by atoms with Crippen molar-refractivity contribution in [2.24, 2.45) is 0 Å². The molecule has 0 aliphatic rings. The monoisotopic (exact) mass is 286 g/mol. The van der Waals surface area contributed by atoms with Crippen molar-refractivity contribution >= 4 is 17.4 Å². The zero-order chi connectivity index (χ0) is 14.5. The minimum absolute atomic E-state index is 0.00806. The maximum absolute atomic E-state index is 11.4. The van der Waals surface area contributed by atoms with E-state index < -0.39 is 0 Å². The van der Waals surface area contributed by atoms with Crippen molar-refractivity contribution < 1.29 is 9.53 Å². The second-order valence-corrected chi connectivity index (χ2v) is 4.94. The topological polar surface area (TPSA) is 26.3 Å². The summed E-state index contributed by atoms with van der Waals surface area (Å²) in [5.41, 5.74) is 1.92. The van der Waals surface area contributed by atoms with Crippen LogP contribution in [-0.2, 0) is 11.2 Å². The highest BCUT2D eigenvalue weighted by Gasteiger charge is 2.06. The number of carbonyl (C=O) groups is 1. The van der Waals surface area contributed by atoms with Crippen molar-refractivity contribution in [2.75, 3.05) is 0 Å². The molecule has 0 spiro atoms. The van der Waals surface area contributed by atoms with E-state index in [-0.39, 0.29) is 5.78 Å². The lowest BCUT2D eigenvalue weighted by atomic mass is 10.1. The number of ketones is 1. The van der Waals surface area contributed by atoms with Gasteiger partial charge in [0.05, 0.1) is 0 Å². The van der Waals surface area contributed by atoms with Gasteiger partial charge in [0.2, 0.25) is 0 Å². The lowest BCUT2D eigenvalue weighted by molar-refractivity contribution is -0.114. The highest BCUT2D eigenvalue weighted by molar-refractivity contribution is 6.30. The summed E-state index contributed by atoms with van der Waals surface area (Å²) < 4.78 is 5.82. The highest BCUT2D eigenvalue weighted by Crippen LogP contribution is 2.27. The molecule has 102 valence electrons. The summed E-state index contributed by atoms with van der Waals surface area (Å²) >= 11 is 5.84. The maximum Gasteiger partial charge on any atom is 0.159 e. The van der Waals surface area contributed by atoms with Gasteiger partial charge in [-0.05, 0) is 54.5 Å².